The van der Waals surface area contributed by atoms with Crippen molar-refractivity contribution < 1.29 is 9.59 Å². The summed E-state index contributed by atoms with van der Waals surface area (Å²) < 4.78 is 0.557. The number of hydrogen-bond acceptors (Lipinski definition) is 9. The van der Waals surface area contributed by atoms with Crippen LogP contribution in [-0.4, -0.2) is 27.6 Å². The summed E-state index contributed by atoms with van der Waals surface area (Å²) in [6.45, 7) is 0. The molecule has 1 aromatic heterocycles. The second-order valence-electron chi connectivity index (χ2n) is 8.54. The molecule has 5 rings (SSSR count). The lowest BCUT2D eigenvalue weighted by Crippen LogP contribution is -2.38. The van der Waals surface area contributed by atoms with Gasteiger partial charge in [-0.25, -0.2) is 0 Å². The van der Waals surface area contributed by atoms with Crippen molar-refractivity contribution >= 4 is 68.8 Å². The highest BCUT2D eigenvalue weighted by Gasteiger charge is 2.42. The van der Waals surface area contributed by atoms with Crippen LogP contribution in [0, 0.1) is 11.3 Å². The maximum atomic E-state index is 13.3. The zero-order valence-corrected chi connectivity index (χ0v) is 22.9. The van der Waals surface area contributed by atoms with Gasteiger partial charge in [-0.1, -0.05) is 70.6 Å². The van der Waals surface area contributed by atoms with E-state index in [-0.39, 0.29) is 28.8 Å². The number of halogens is 2. The molecular formula is C26H20Cl2N6O2S2. The average molecular weight is 584 g/mol. The number of anilines is 2. The molecule has 0 radical (unpaired) electrons. The van der Waals surface area contributed by atoms with Crippen LogP contribution in [0.4, 0.5) is 10.8 Å². The van der Waals surface area contributed by atoms with E-state index in [1.54, 1.807) is 23.1 Å². The van der Waals surface area contributed by atoms with Crippen LogP contribution in [0.2, 0.25) is 10.0 Å². The number of hydrogen-bond donors (Lipinski definition) is 2. The third-order valence-corrected chi connectivity index (χ3v) is 8.76. The van der Waals surface area contributed by atoms with Crippen LogP contribution in [0.5, 0.6) is 0 Å². The van der Waals surface area contributed by atoms with E-state index in [9.17, 15) is 14.9 Å². The fraction of sp³-hybridized carbons (Fsp3) is 0.192. The van der Waals surface area contributed by atoms with Crippen molar-refractivity contribution in [3.05, 3.63) is 86.8 Å². The number of nitriles is 1. The molecule has 1 unspecified atom stereocenters. The monoisotopic (exact) mass is 582 g/mol. The SMILES string of the molecule is N#CC1=C(N)N(c2nnc(SCC(=O)Nc3ccccc3)s2)C2=C(C(=O)CCC2)C1c1ccc(Cl)cc1Cl. The van der Waals surface area contributed by atoms with E-state index in [1.807, 2.05) is 30.3 Å². The highest BCUT2D eigenvalue weighted by atomic mass is 35.5. The molecule has 38 heavy (non-hydrogen) atoms. The maximum Gasteiger partial charge on any atom is 0.234 e. The Morgan fingerprint density at radius 1 is 1.21 bits per heavy atom. The number of para-hydroxylation sites is 1. The Bertz CT molecular complexity index is 1530. The third-order valence-electron chi connectivity index (χ3n) is 6.16. The number of thioether (sulfide) groups is 1. The number of aromatic nitrogens is 2. The highest BCUT2D eigenvalue weighted by Crippen LogP contribution is 2.48. The van der Waals surface area contributed by atoms with E-state index in [2.05, 4.69) is 21.6 Å². The van der Waals surface area contributed by atoms with Crippen molar-refractivity contribution in [3.8, 4) is 6.07 Å². The molecule has 192 valence electrons. The number of ketones is 1. The summed E-state index contributed by atoms with van der Waals surface area (Å²) in [6.07, 6.45) is 1.58. The lowest BCUT2D eigenvalue weighted by molar-refractivity contribution is -0.116. The Morgan fingerprint density at radius 3 is 2.74 bits per heavy atom. The molecule has 1 amide bonds. The van der Waals surface area contributed by atoms with Crippen LogP contribution in [0.25, 0.3) is 0 Å². The highest BCUT2D eigenvalue weighted by molar-refractivity contribution is 8.01. The van der Waals surface area contributed by atoms with Crippen LogP contribution in [-0.2, 0) is 9.59 Å². The molecule has 0 saturated carbocycles. The maximum absolute atomic E-state index is 13.3. The number of carbonyl (C=O) groups is 2. The van der Waals surface area contributed by atoms with Crippen molar-refractivity contribution in [2.75, 3.05) is 16.0 Å². The molecule has 3 aromatic rings. The topological polar surface area (TPSA) is 125 Å². The normalized spacial score (nSPS) is 17.3. The number of nitrogens with one attached hydrogen (secondary N) is 1. The number of nitrogens with two attached hydrogens (primary N) is 1. The molecule has 0 spiro atoms. The Kier molecular flexibility index (Phi) is 7.72. The van der Waals surface area contributed by atoms with Crippen LogP contribution in [0.15, 0.2) is 75.5 Å². The van der Waals surface area contributed by atoms with E-state index in [0.717, 1.165) is 0 Å². The predicted molar refractivity (Wildman–Crippen MR) is 150 cm³/mol. The average Bonchev–Trinajstić information content (AvgIpc) is 3.36. The van der Waals surface area contributed by atoms with Gasteiger partial charge in [0.15, 0.2) is 10.1 Å². The van der Waals surface area contributed by atoms with E-state index < -0.39 is 5.92 Å². The molecule has 3 N–H and O–H groups in total. The number of allylic oxidation sites excluding steroid dienone is 3. The second-order valence-corrected chi connectivity index (χ2v) is 11.6. The van der Waals surface area contributed by atoms with E-state index in [1.165, 1.54) is 23.1 Å². The molecule has 2 heterocycles. The summed E-state index contributed by atoms with van der Waals surface area (Å²) in [4.78, 5) is 27.3. The minimum Gasteiger partial charge on any atom is -0.384 e. The molecule has 0 bridgehead atoms. The summed E-state index contributed by atoms with van der Waals surface area (Å²) in [5, 5.41) is 22.7. The number of Topliss-reactive ketones (excluding diaryl/α,β-unsaturated/α-hetero) is 1. The number of rotatable bonds is 6. The Balaban J connectivity index is 1.45. The molecule has 1 aliphatic heterocycles. The van der Waals surface area contributed by atoms with Gasteiger partial charge < -0.3 is 11.1 Å². The summed E-state index contributed by atoms with van der Waals surface area (Å²) >= 11 is 15.1. The van der Waals surface area contributed by atoms with Crippen molar-refractivity contribution in [2.45, 2.75) is 29.5 Å². The first-order valence-electron chi connectivity index (χ1n) is 11.6. The first kappa shape index (κ1) is 26.3. The number of amides is 1. The zero-order chi connectivity index (χ0) is 26.8. The standard InChI is InChI=1S/C26H20Cl2N6O2S2/c27-14-9-10-16(18(28)11-14)22-17(12-29)24(30)34(19-7-4-8-20(35)23(19)22)25-32-33-26(38-25)37-13-21(36)31-15-5-2-1-3-6-15/h1-3,5-6,9-11,22H,4,7-8,13,30H2,(H,31,36). The largest absolute Gasteiger partial charge is 0.384 e. The van der Waals surface area contributed by atoms with E-state index in [0.29, 0.717) is 61.3 Å². The summed E-state index contributed by atoms with van der Waals surface area (Å²) in [5.74, 6) is -0.627. The van der Waals surface area contributed by atoms with Gasteiger partial charge in [0.05, 0.1) is 23.3 Å². The molecule has 0 saturated heterocycles. The van der Waals surface area contributed by atoms with Gasteiger partial charge in [-0.15, -0.1) is 10.2 Å². The molecule has 0 fully saturated rings. The molecule has 8 nitrogen and oxygen atoms in total. The van der Waals surface area contributed by atoms with Gasteiger partial charge in [0.25, 0.3) is 0 Å². The molecule has 12 heteroatoms. The van der Waals surface area contributed by atoms with Crippen LogP contribution in [0.1, 0.15) is 30.7 Å². The summed E-state index contributed by atoms with van der Waals surface area (Å²) in [7, 11) is 0. The van der Waals surface area contributed by atoms with Gasteiger partial charge >= 0.3 is 0 Å². The van der Waals surface area contributed by atoms with Crippen LogP contribution in [0.3, 0.4) is 0 Å². The number of carbonyl (C=O) groups excluding carboxylic acids is 2. The van der Waals surface area contributed by atoms with Gasteiger partial charge in [0.2, 0.25) is 11.0 Å². The van der Waals surface area contributed by atoms with Crippen molar-refractivity contribution in [2.24, 2.45) is 5.73 Å². The van der Waals surface area contributed by atoms with E-state index in [4.69, 9.17) is 28.9 Å². The van der Waals surface area contributed by atoms with Crippen LogP contribution >= 0.6 is 46.3 Å². The van der Waals surface area contributed by atoms with Gasteiger partial charge in [-0.3, -0.25) is 14.5 Å². The fourth-order valence-electron chi connectivity index (χ4n) is 4.55. The van der Waals surface area contributed by atoms with Crippen LogP contribution < -0.4 is 16.0 Å². The van der Waals surface area contributed by atoms with Gasteiger partial charge in [-0.2, -0.15) is 5.26 Å². The second kappa shape index (κ2) is 11.2. The van der Waals surface area contributed by atoms with Gasteiger partial charge in [-0.05, 0) is 42.7 Å². The van der Waals surface area contributed by atoms with Crippen molar-refractivity contribution in [1.29, 1.82) is 5.26 Å². The predicted octanol–water partition coefficient (Wildman–Crippen LogP) is 5.88. The Labute approximate surface area is 237 Å². The summed E-state index contributed by atoms with van der Waals surface area (Å²) in [5.41, 5.74) is 9.26. The molecule has 2 aromatic carbocycles. The van der Waals surface area contributed by atoms with Crippen molar-refractivity contribution in [3.63, 3.8) is 0 Å². The minimum absolute atomic E-state index is 0.0655. The smallest absolute Gasteiger partial charge is 0.234 e. The lowest BCUT2D eigenvalue weighted by Gasteiger charge is -2.38. The molecular weight excluding hydrogens is 563 g/mol. The molecule has 1 aliphatic carbocycles. The minimum atomic E-state index is -0.702. The number of benzene rings is 2. The molecule has 2 aliphatic rings. The Hall–Kier alpha value is -3.36. The summed E-state index contributed by atoms with van der Waals surface area (Å²) in [6, 6.07) is 16.4. The first-order valence-corrected chi connectivity index (χ1v) is 14.2. The van der Waals surface area contributed by atoms with Gasteiger partial charge in [0.1, 0.15) is 5.82 Å². The lowest BCUT2D eigenvalue weighted by atomic mass is 9.76. The zero-order valence-electron chi connectivity index (χ0n) is 19.8. The molecule has 1 atom stereocenters. The number of nitrogens with zero attached hydrogens (tertiary/aromatic N) is 4. The third kappa shape index (κ3) is 5.15. The first-order chi connectivity index (χ1) is 18.4. The quantitative estimate of drug-likeness (QED) is 0.345. The van der Waals surface area contributed by atoms with E-state index >= 15 is 0 Å². The fourth-order valence-corrected chi connectivity index (χ4v) is 6.75. The van der Waals surface area contributed by atoms with Gasteiger partial charge in [0, 0.05) is 33.4 Å². The van der Waals surface area contributed by atoms with Crippen molar-refractivity contribution in [1.82, 2.24) is 10.2 Å². The Morgan fingerprint density at radius 2 is 2.00 bits per heavy atom.